The molecule has 1 aliphatic rings. The van der Waals surface area contributed by atoms with Crippen LogP contribution in [-0.4, -0.2) is 30.8 Å². The van der Waals surface area contributed by atoms with Crippen molar-refractivity contribution < 1.29 is 4.74 Å². The zero-order valence-electron chi connectivity index (χ0n) is 6.98. The van der Waals surface area contributed by atoms with Gasteiger partial charge in [-0.25, -0.2) is 0 Å². The molecule has 2 heteroatoms. The number of hydrogen-bond acceptors (Lipinski definition) is 2. The lowest BCUT2D eigenvalue weighted by atomic mass is 10.1. The highest BCUT2D eigenvalue weighted by Gasteiger charge is 2.35. The normalized spacial score (nSPS) is 34.7. The van der Waals surface area contributed by atoms with Crippen LogP contribution in [0.25, 0.3) is 0 Å². The van der Waals surface area contributed by atoms with Crippen molar-refractivity contribution in [2.75, 3.05) is 20.2 Å². The van der Waals surface area contributed by atoms with Crippen LogP contribution in [-0.2, 0) is 4.74 Å². The summed E-state index contributed by atoms with van der Waals surface area (Å²) in [5, 5.41) is 0. The first-order chi connectivity index (χ1) is 4.57. The maximum Gasteiger partial charge on any atom is 0.140 e. The summed E-state index contributed by atoms with van der Waals surface area (Å²) in [5.41, 5.74) is 0.868. The van der Waals surface area contributed by atoms with E-state index in [0.29, 0.717) is 0 Å². The van der Waals surface area contributed by atoms with E-state index in [4.69, 9.17) is 4.74 Å². The van der Waals surface area contributed by atoms with Crippen LogP contribution >= 0.6 is 0 Å². The minimum Gasteiger partial charge on any atom is -0.355 e. The molecule has 0 aromatic carbocycles. The van der Waals surface area contributed by atoms with Gasteiger partial charge in [0.15, 0.2) is 0 Å². The Morgan fingerprint density at radius 1 is 1.70 bits per heavy atom. The highest BCUT2D eigenvalue weighted by Crippen LogP contribution is 2.27. The Kier molecular flexibility index (Phi) is 1.84. The molecule has 2 nitrogen and oxygen atoms in total. The van der Waals surface area contributed by atoms with Crippen LogP contribution in [0.15, 0.2) is 12.2 Å². The SMILES string of the molecule is C=C(C)C1(C)OCCN1C. The van der Waals surface area contributed by atoms with E-state index in [1.54, 1.807) is 0 Å². The van der Waals surface area contributed by atoms with Crippen LogP contribution in [0.3, 0.4) is 0 Å². The average Bonchev–Trinajstić information content (AvgIpc) is 2.15. The minimum atomic E-state index is -0.208. The fourth-order valence-corrected chi connectivity index (χ4v) is 1.15. The van der Waals surface area contributed by atoms with Gasteiger partial charge in [-0.2, -0.15) is 0 Å². The van der Waals surface area contributed by atoms with Gasteiger partial charge >= 0.3 is 0 Å². The molecule has 0 amide bonds. The van der Waals surface area contributed by atoms with Gasteiger partial charge in [0.05, 0.1) is 6.61 Å². The van der Waals surface area contributed by atoms with E-state index >= 15 is 0 Å². The molecule has 0 radical (unpaired) electrons. The summed E-state index contributed by atoms with van der Waals surface area (Å²) in [6.07, 6.45) is 0. The van der Waals surface area contributed by atoms with Crippen molar-refractivity contribution in [2.45, 2.75) is 19.6 Å². The smallest absolute Gasteiger partial charge is 0.140 e. The maximum atomic E-state index is 5.54. The zero-order valence-corrected chi connectivity index (χ0v) is 6.98. The Morgan fingerprint density at radius 2 is 2.30 bits per heavy atom. The van der Waals surface area contributed by atoms with E-state index in [-0.39, 0.29) is 5.72 Å². The number of ether oxygens (including phenoxy) is 1. The lowest BCUT2D eigenvalue weighted by Crippen LogP contribution is -2.40. The first-order valence-electron chi connectivity index (χ1n) is 3.58. The van der Waals surface area contributed by atoms with E-state index in [1.165, 1.54) is 0 Å². The molecule has 1 aliphatic heterocycles. The lowest BCUT2D eigenvalue weighted by molar-refractivity contribution is -0.0219. The van der Waals surface area contributed by atoms with Crippen molar-refractivity contribution >= 4 is 0 Å². The van der Waals surface area contributed by atoms with Crippen molar-refractivity contribution in [2.24, 2.45) is 0 Å². The molecule has 1 fully saturated rings. The van der Waals surface area contributed by atoms with Gasteiger partial charge in [-0.1, -0.05) is 6.58 Å². The third-order valence-corrected chi connectivity index (χ3v) is 2.33. The number of nitrogens with zero attached hydrogens (tertiary/aromatic N) is 1. The lowest BCUT2D eigenvalue weighted by Gasteiger charge is -2.30. The van der Waals surface area contributed by atoms with Gasteiger partial charge in [-0.15, -0.1) is 0 Å². The maximum absolute atomic E-state index is 5.54. The quantitative estimate of drug-likeness (QED) is 0.509. The van der Waals surface area contributed by atoms with E-state index in [0.717, 1.165) is 18.7 Å². The Labute approximate surface area is 62.5 Å². The van der Waals surface area contributed by atoms with Crippen LogP contribution in [0.4, 0.5) is 0 Å². The molecule has 1 saturated heterocycles. The fourth-order valence-electron chi connectivity index (χ4n) is 1.15. The van der Waals surface area contributed by atoms with E-state index in [2.05, 4.69) is 25.5 Å². The highest BCUT2D eigenvalue weighted by molar-refractivity contribution is 5.08. The molecular formula is C8H15NO. The van der Waals surface area contributed by atoms with Crippen LogP contribution in [0.2, 0.25) is 0 Å². The average molecular weight is 141 g/mol. The van der Waals surface area contributed by atoms with Crippen LogP contribution in [0.1, 0.15) is 13.8 Å². The Bertz CT molecular complexity index is 155. The van der Waals surface area contributed by atoms with E-state index < -0.39 is 0 Å². The van der Waals surface area contributed by atoms with Gasteiger partial charge in [0.2, 0.25) is 0 Å². The summed E-state index contributed by atoms with van der Waals surface area (Å²) < 4.78 is 5.54. The first kappa shape index (κ1) is 7.76. The molecule has 10 heavy (non-hydrogen) atoms. The highest BCUT2D eigenvalue weighted by atomic mass is 16.5. The van der Waals surface area contributed by atoms with Crippen LogP contribution in [0, 0.1) is 0 Å². The monoisotopic (exact) mass is 141 g/mol. The van der Waals surface area contributed by atoms with E-state index in [9.17, 15) is 0 Å². The molecule has 1 rings (SSSR count). The first-order valence-corrected chi connectivity index (χ1v) is 3.58. The van der Waals surface area contributed by atoms with E-state index in [1.807, 2.05) is 6.92 Å². The number of likely N-dealkylation sites (N-methyl/N-ethyl adjacent to an activating group) is 1. The van der Waals surface area contributed by atoms with Crippen LogP contribution in [0.5, 0.6) is 0 Å². The second kappa shape index (κ2) is 2.36. The molecule has 0 aromatic heterocycles. The van der Waals surface area contributed by atoms with Crippen molar-refractivity contribution in [1.82, 2.24) is 4.90 Å². The number of hydrogen-bond donors (Lipinski definition) is 0. The summed E-state index contributed by atoms with van der Waals surface area (Å²) in [4.78, 5) is 2.18. The van der Waals surface area contributed by atoms with Gasteiger partial charge in [0.1, 0.15) is 5.72 Å². The topological polar surface area (TPSA) is 12.5 Å². The van der Waals surface area contributed by atoms with Gasteiger partial charge in [-0.3, -0.25) is 4.90 Å². The molecule has 1 unspecified atom stereocenters. The molecule has 1 atom stereocenters. The zero-order chi connectivity index (χ0) is 7.78. The van der Waals surface area contributed by atoms with Crippen molar-refractivity contribution in [3.63, 3.8) is 0 Å². The Morgan fingerprint density at radius 3 is 2.50 bits per heavy atom. The third-order valence-electron chi connectivity index (χ3n) is 2.33. The van der Waals surface area contributed by atoms with Gasteiger partial charge in [0, 0.05) is 6.54 Å². The summed E-state index contributed by atoms with van der Waals surface area (Å²) in [6, 6.07) is 0. The predicted octanol–water partition coefficient (Wildman–Crippen LogP) is 1.24. The molecule has 1 heterocycles. The van der Waals surface area contributed by atoms with Crippen molar-refractivity contribution in [3.8, 4) is 0 Å². The molecule has 0 bridgehead atoms. The molecule has 0 N–H and O–H groups in total. The van der Waals surface area contributed by atoms with Gasteiger partial charge in [-0.05, 0) is 26.5 Å². The Balaban J connectivity index is 2.75. The summed E-state index contributed by atoms with van der Waals surface area (Å²) >= 11 is 0. The number of rotatable bonds is 1. The molecule has 0 saturated carbocycles. The fraction of sp³-hybridized carbons (Fsp3) is 0.750. The Hall–Kier alpha value is -0.340. The summed E-state index contributed by atoms with van der Waals surface area (Å²) in [5.74, 6) is 0. The third kappa shape index (κ3) is 0.976. The molecular weight excluding hydrogens is 126 g/mol. The minimum absolute atomic E-state index is 0.208. The largest absolute Gasteiger partial charge is 0.355 e. The summed E-state index contributed by atoms with van der Waals surface area (Å²) in [6.45, 7) is 9.77. The van der Waals surface area contributed by atoms with Gasteiger partial charge in [0.25, 0.3) is 0 Å². The van der Waals surface area contributed by atoms with Crippen LogP contribution < -0.4 is 0 Å². The molecule has 0 spiro atoms. The molecule has 58 valence electrons. The second-order valence-corrected chi connectivity index (χ2v) is 3.03. The summed E-state index contributed by atoms with van der Waals surface area (Å²) in [7, 11) is 2.06. The molecule has 0 aromatic rings. The second-order valence-electron chi connectivity index (χ2n) is 3.03. The van der Waals surface area contributed by atoms with Crippen molar-refractivity contribution in [3.05, 3.63) is 12.2 Å². The predicted molar refractivity (Wildman–Crippen MR) is 41.8 cm³/mol. The van der Waals surface area contributed by atoms with Gasteiger partial charge < -0.3 is 4.74 Å². The van der Waals surface area contributed by atoms with Crippen molar-refractivity contribution in [1.29, 1.82) is 0 Å². The molecule has 0 aliphatic carbocycles. The standard InChI is InChI=1S/C8H15NO/c1-7(2)8(3)9(4)5-6-10-8/h1,5-6H2,2-4H3.